The van der Waals surface area contributed by atoms with E-state index in [4.69, 9.17) is 0 Å². The molecule has 0 unspecified atom stereocenters. The van der Waals surface area contributed by atoms with Crippen LogP contribution in [0, 0.1) is 0 Å². The van der Waals surface area contributed by atoms with Gasteiger partial charge in [0.05, 0.1) is 12.1 Å². The molecule has 2 rings (SSSR count). The topological polar surface area (TPSA) is 67.2 Å². The van der Waals surface area contributed by atoms with Gasteiger partial charge in [-0.15, -0.1) is 0 Å². The fourth-order valence-corrected chi connectivity index (χ4v) is 2.61. The summed E-state index contributed by atoms with van der Waals surface area (Å²) in [4.78, 5) is 12.5. The Morgan fingerprint density at radius 1 is 1.25 bits per heavy atom. The highest BCUT2D eigenvalue weighted by molar-refractivity contribution is 5.92. The number of hydrogen-bond donors (Lipinski definition) is 2. The fraction of sp³-hybridized carbons (Fsp3) is 0.474. The van der Waals surface area contributed by atoms with Gasteiger partial charge in [-0.1, -0.05) is 38.1 Å². The van der Waals surface area contributed by atoms with Gasteiger partial charge >= 0.3 is 0 Å². The average molecular weight is 329 g/mol. The monoisotopic (exact) mass is 329 g/mol. The maximum absolute atomic E-state index is 12.5. The zero-order valence-corrected chi connectivity index (χ0v) is 15.1. The normalized spacial score (nSPS) is 11.8. The molecule has 0 atom stereocenters. The molecule has 2 aromatic rings. The Morgan fingerprint density at radius 3 is 2.38 bits per heavy atom. The van der Waals surface area contributed by atoms with Crippen molar-refractivity contribution in [1.82, 2.24) is 15.1 Å². The van der Waals surface area contributed by atoms with Crippen LogP contribution < -0.4 is 5.32 Å². The molecule has 0 spiro atoms. The maximum Gasteiger partial charge on any atom is 0.272 e. The zero-order chi connectivity index (χ0) is 17.9. The Labute approximate surface area is 143 Å². The number of aromatic nitrogens is 2. The highest BCUT2D eigenvalue weighted by atomic mass is 16.3. The van der Waals surface area contributed by atoms with Crippen LogP contribution in [0.4, 0.5) is 0 Å². The summed E-state index contributed by atoms with van der Waals surface area (Å²) in [5.41, 5.74) is 3.02. The predicted molar refractivity (Wildman–Crippen MR) is 94.8 cm³/mol. The lowest BCUT2D eigenvalue weighted by molar-refractivity contribution is 0.0944. The van der Waals surface area contributed by atoms with Gasteiger partial charge in [0.25, 0.3) is 5.91 Å². The van der Waals surface area contributed by atoms with Crippen molar-refractivity contribution in [3.63, 3.8) is 0 Å². The second-order valence-electron chi connectivity index (χ2n) is 7.30. The molecular weight excluding hydrogens is 302 g/mol. The number of benzene rings is 1. The molecule has 0 aliphatic heterocycles. The Bertz CT molecular complexity index is 712. The number of rotatable bonds is 5. The summed E-state index contributed by atoms with van der Waals surface area (Å²) < 4.78 is 1.92. The Morgan fingerprint density at radius 2 is 1.88 bits per heavy atom. The van der Waals surface area contributed by atoms with Gasteiger partial charge in [-0.2, -0.15) is 5.10 Å². The third-order valence-electron chi connectivity index (χ3n) is 3.92. The first-order valence-corrected chi connectivity index (χ1v) is 8.30. The van der Waals surface area contributed by atoms with Crippen LogP contribution in [0.5, 0.6) is 0 Å². The standard InChI is InChI=1S/C19H27N3O2/c1-13(2)17-10-16(21-22(17)19(3,4)5)18(24)20-11-14-8-6-7-9-15(14)12-23/h6-10,13,23H,11-12H2,1-5H3,(H,20,24). The molecule has 0 fully saturated rings. The second-order valence-corrected chi connectivity index (χ2v) is 7.30. The predicted octanol–water partition coefficient (Wildman–Crippen LogP) is 3.18. The molecule has 2 N–H and O–H groups in total. The first-order valence-electron chi connectivity index (χ1n) is 8.30. The summed E-state index contributed by atoms with van der Waals surface area (Å²) in [5, 5.41) is 16.8. The van der Waals surface area contributed by atoms with E-state index in [1.54, 1.807) is 0 Å². The summed E-state index contributed by atoms with van der Waals surface area (Å²) in [6, 6.07) is 9.39. The maximum atomic E-state index is 12.5. The summed E-state index contributed by atoms with van der Waals surface area (Å²) in [6.45, 7) is 10.7. The summed E-state index contributed by atoms with van der Waals surface area (Å²) in [7, 11) is 0. The van der Waals surface area contributed by atoms with Crippen LogP contribution >= 0.6 is 0 Å². The molecule has 1 amide bonds. The molecule has 0 bridgehead atoms. The first kappa shape index (κ1) is 18.2. The average Bonchev–Trinajstić information content (AvgIpc) is 2.98. The number of carbonyl (C=O) groups excluding carboxylic acids is 1. The van der Waals surface area contributed by atoms with Gasteiger partial charge in [0.2, 0.25) is 0 Å². The summed E-state index contributed by atoms with van der Waals surface area (Å²) in [6.07, 6.45) is 0. The van der Waals surface area contributed by atoms with Gasteiger partial charge in [0.1, 0.15) is 5.69 Å². The number of aliphatic hydroxyl groups is 1. The highest BCUT2D eigenvalue weighted by Gasteiger charge is 2.23. The third kappa shape index (κ3) is 4.03. The molecule has 0 radical (unpaired) electrons. The van der Waals surface area contributed by atoms with E-state index in [1.807, 2.05) is 35.0 Å². The van der Waals surface area contributed by atoms with Gasteiger partial charge in [0, 0.05) is 12.2 Å². The lowest BCUT2D eigenvalue weighted by Gasteiger charge is -2.23. The first-order chi connectivity index (χ1) is 11.2. The summed E-state index contributed by atoms with van der Waals surface area (Å²) >= 11 is 0. The molecule has 130 valence electrons. The van der Waals surface area contributed by atoms with Gasteiger partial charge in [-0.05, 0) is 43.9 Å². The van der Waals surface area contributed by atoms with E-state index in [9.17, 15) is 9.90 Å². The van der Waals surface area contributed by atoms with Gasteiger partial charge in [-0.3, -0.25) is 9.48 Å². The van der Waals surface area contributed by atoms with Gasteiger partial charge in [-0.25, -0.2) is 0 Å². The third-order valence-corrected chi connectivity index (χ3v) is 3.92. The van der Waals surface area contributed by atoms with Crippen LogP contribution in [0.15, 0.2) is 30.3 Å². The van der Waals surface area contributed by atoms with Crippen molar-refractivity contribution in [2.24, 2.45) is 0 Å². The van der Waals surface area contributed by atoms with Crippen molar-refractivity contribution in [1.29, 1.82) is 0 Å². The SMILES string of the molecule is CC(C)c1cc(C(=O)NCc2ccccc2CO)nn1C(C)(C)C. The van der Waals surface area contributed by atoms with Crippen LogP contribution in [0.2, 0.25) is 0 Å². The molecule has 1 aromatic carbocycles. The quantitative estimate of drug-likeness (QED) is 0.885. The van der Waals surface area contributed by atoms with Gasteiger partial charge < -0.3 is 10.4 Å². The molecule has 5 nitrogen and oxygen atoms in total. The van der Waals surface area contributed by atoms with Crippen LogP contribution in [-0.2, 0) is 18.7 Å². The Kier molecular flexibility index (Phi) is 5.44. The number of carbonyl (C=O) groups is 1. The molecule has 0 saturated heterocycles. The zero-order valence-electron chi connectivity index (χ0n) is 15.1. The molecular formula is C19H27N3O2. The van der Waals surface area contributed by atoms with Crippen molar-refractivity contribution < 1.29 is 9.90 Å². The number of amides is 1. The van der Waals surface area contributed by atoms with E-state index < -0.39 is 0 Å². The number of nitrogens with one attached hydrogen (secondary N) is 1. The van der Waals surface area contributed by atoms with Crippen LogP contribution in [-0.4, -0.2) is 20.8 Å². The number of aliphatic hydroxyl groups excluding tert-OH is 1. The molecule has 0 saturated carbocycles. The lowest BCUT2D eigenvalue weighted by Crippen LogP contribution is -2.27. The van der Waals surface area contributed by atoms with E-state index in [2.05, 4.69) is 45.0 Å². The number of nitrogens with zero attached hydrogens (tertiary/aromatic N) is 2. The Hall–Kier alpha value is -2.14. The molecule has 0 aliphatic carbocycles. The van der Waals surface area contributed by atoms with Crippen molar-refractivity contribution in [2.45, 2.75) is 59.2 Å². The van der Waals surface area contributed by atoms with Crippen molar-refractivity contribution in [3.8, 4) is 0 Å². The van der Waals surface area contributed by atoms with E-state index in [-0.39, 0.29) is 24.0 Å². The van der Waals surface area contributed by atoms with E-state index in [1.165, 1.54) is 0 Å². The fourth-order valence-electron chi connectivity index (χ4n) is 2.61. The lowest BCUT2D eigenvalue weighted by atomic mass is 10.1. The molecule has 1 aromatic heterocycles. The van der Waals surface area contributed by atoms with E-state index in [0.29, 0.717) is 12.2 Å². The van der Waals surface area contributed by atoms with Crippen molar-refractivity contribution in [2.75, 3.05) is 0 Å². The van der Waals surface area contributed by atoms with Crippen LogP contribution in [0.3, 0.4) is 0 Å². The minimum absolute atomic E-state index is 0.0395. The van der Waals surface area contributed by atoms with Crippen LogP contribution in [0.1, 0.15) is 67.8 Å². The second kappa shape index (κ2) is 7.18. The molecule has 24 heavy (non-hydrogen) atoms. The van der Waals surface area contributed by atoms with Gasteiger partial charge in [0.15, 0.2) is 0 Å². The minimum atomic E-state index is -0.201. The number of hydrogen-bond acceptors (Lipinski definition) is 3. The molecule has 1 heterocycles. The van der Waals surface area contributed by atoms with E-state index in [0.717, 1.165) is 16.8 Å². The largest absolute Gasteiger partial charge is 0.392 e. The smallest absolute Gasteiger partial charge is 0.272 e. The van der Waals surface area contributed by atoms with Crippen molar-refractivity contribution in [3.05, 3.63) is 52.8 Å². The Balaban J connectivity index is 2.18. The highest BCUT2D eigenvalue weighted by Crippen LogP contribution is 2.23. The van der Waals surface area contributed by atoms with Crippen LogP contribution in [0.25, 0.3) is 0 Å². The minimum Gasteiger partial charge on any atom is -0.392 e. The summed E-state index contributed by atoms with van der Waals surface area (Å²) in [5.74, 6) is 0.0843. The van der Waals surface area contributed by atoms with Crippen molar-refractivity contribution >= 4 is 5.91 Å². The van der Waals surface area contributed by atoms with E-state index >= 15 is 0 Å². The molecule has 0 aliphatic rings. The molecule has 5 heteroatoms.